The highest BCUT2D eigenvalue weighted by Gasteiger charge is 2.41. The minimum atomic E-state index is -1.66. The summed E-state index contributed by atoms with van der Waals surface area (Å²) in [5, 5.41) is 9.06. The molecule has 1 aliphatic carbocycles. The van der Waals surface area contributed by atoms with E-state index < -0.39 is 12.3 Å². The van der Waals surface area contributed by atoms with Gasteiger partial charge in [0.05, 0.1) is 24.4 Å². The fourth-order valence-corrected chi connectivity index (χ4v) is 2.94. The molecule has 20 heavy (non-hydrogen) atoms. The predicted molar refractivity (Wildman–Crippen MR) is 75.4 cm³/mol. The van der Waals surface area contributed by atoms with Crippen molar-refractivity contribution in [2.45, 2.75) is 30.8 Å². The van der Waals surface area contributed by atoms with Gasteiger partial charge in [0.1, 0.15) is 0 Å². The predicted octanol–water partition coefficient (Wildman–Crippen LogP) is 2.27. The second-order valence-corrected chi connectivity index (χ2v) is 6.56. The number of likely N-dealkylation sites (tertiary alicyclic amines) is 1. The summed E-state index contributed by atoms with van der Waals surface area (Å²) < 4.78 is 14.8. The summed E-state index contributed by atoms with van der Waals surface area (Å²) >= 11 is 3.33. The van der Waals surface area contributed by atoms with Crippen molar-refractivity contribution in [1.29, 1.82) is 0 Å². The van der Waals surface area contributed by atoms with E-state index in [-0.39, 0.29) is 18.9 Å². The van der Waals surface area contributed by atoms with Gasteiger partial charge in [0, 0.05) is 29.6 Å². The van der Waals surface area contributed by atoms with E-state index in [9.17, 15) is 9.18 Å². The molecular formula is C14H16BrFN2O2. The Kier molecular flexibility index (Phi) is 3.54. The molecule has 0 bridgehead atoms. The Morgan fingerprint density at radius 2 is 2.35 bits per heavy atom. The Hall–Kier alpha value is -1.01. The number of aromatic nitrogens is 1. The summed E-state index contributed by atoms with van der Waals surface area (Å²) in [6, 6.07) is 1.76. The lowest BCUT2D eigenvalue weighted by Gasteiger charge is -2.20. The number of amides is 1. The number of alkyl halides is 1. The Morgan fingerprint density at radius 1 is 1.60 bits per heavy atom. The molecule has 108 valence electrons. The lowest BCUT2D eigenvalue weighted by atomic mass is 10.1. The van der Waals surface area contributed by atoms with E-state index in [1.807, 2.05) is 0 Å². The molecule has 2 heterocycles. The summed E-state index contributed by atoms with van der Waals surface area (Å²) in [4.78, 5) is 18.4. The topological polar surface area (TPSA) is 53.4 Å². The van der Waals surface area contributed by atoms with Crippen LogP contribution in [-0.4, -0.2) is 46.3 Å². The second-order valence-electron chi connectivity index (χ2n) is 5.65. The molecule has 6 heteroatoms. The first-order valence-corrected chi connectivity index (χ1v) is 7.56. The van der Waals surface area contributed by atoms with Crippen LogP contribution in [0.3, 0.4) is 0 Å². The zero-order chi connectivity index (χ0) is 14.3. The number of hydrogen-bond donors (Lipinski definition) is 1. The summed E-state index contributed by atoms with van der Waals surface area (Å²) in [7, 11) is 0. The highest BCUT2D eigenvalue weighted by molar-refractivity contribution is 9.10. The van der Waals surface area contributed by atoms with Crippen LogP contribution in [-0.2, 0) is 0 Å². The second kappa shape index (κ2) is 5.07. The fourth-order valence-electron chi connectivity index (χ4n) is 2.61. The average Bonchev–Trinajstić information content (AvgIpc) is 3.21. The van der Waals surface area contributed by atoms with E-state index in [2.05, 4.69) is 20.9 Å². The number of pyridine rings is 1. The van der Waals surface area contributed by atoms with Crippen molar-refractivity contribution < 1.29 is 14.3 Å². The molecule has 1 saturated carbocycles. The number of aliphatic hydroxyl groups excluding tert-OH is 1. The molecule has 0 spiro atoms. The molecule has 1 aliphatic heterocycles. The highest BCUT2D eigenvalue weighted by atomic mass is 79.9. The van der Waals surface area contributed by atoms with Crippen LogP contribution in [0.25, 0.3) is 0 Å². The molecule has 2 aliphatic rings. The summed E-state index contributed by atoms with van der Waals surface area (Å²) in [5.41, 5.74) is -0.280. The molecule has 1 aromatic heterocycles. The molecule has 2 fully saturated rings. The Bertz CT molecular complexity index is 550. The van der Waals surface area contributed by atoms with Crippen molar-refractivity contribution in [3.05, 3.63) is 28.0 Å². The van der Waals surface area contributed by atoms with E-state index in [1.54, 1.807) is 12.3 Å². The van der Waals surface area contributed by atoms with E-state index in [1.165, 1.54) is 4.90 Å². The SMILES string of the molecule is O=C(c1cc(Br)cnc1C1CC1)N1CCC(F)(CO)C1. The minimum Gasteiger partial charge on any atom is -0.393 e. The minimum absolute atomic E-state index is 0.0427. The largest absolute Gasteiger partial charge is 0.393 e. The molecule has 1 amide bonds. The van der Waals surface area contributed by atoms with Crippen LogP contribution in [0.1, 0.15) is 41.2 Å². The standard InChI is InChI=1S/C14H16BrFN2O2/c15-10-5-11(12(17-6-10)9-1-2-9)13(20)18-4-3-14(16,7-18)8-19/h5-6,9,19H,1-4,7-8H2. The zero-order valence-electron chi connectivity index (χ0n) is 11.0. The molecule has 3 rings (SSSR count). The Morgan fingerprint density at radius 3 is 2.95 bits per heavy atom. The molecule has 1 aromatic rings. The van der Waals surface area contributed by atoms with Gasteiger partial charge in [-0.25, -0.2) is 4.39 Å². The van der Waals surface area contributed by atoms with Crippen molar-refractivity contribution in [3.8, 4) is 0 Å². The Balaban J connectivity index is 1.86. The monoisotopic (exact) mass is 342 g/mol. The first kappa shape index (κ1) is 13.9. The third-order valence-electron chi connectivity index (χ3n) is 3.95. The van der Waals surface area contributed by atoms with Crippen LogP contribution in [0.4, 0.5) is 4.39 Å². The van der Waals surface area contributed by atoms with Gasteiger partial charge < -0.3 is 10.0 Å². The quantitative estimate of drug-likeness (QED) is 0.916. The maximum Gasteiger partial charge on any atom is 0.255 e. The normalized spacial score (nSPS) is 26.1. The van der Waals surface area contributed by atoms with E-state index in [0.29, 0.717) is 18.0 Å². The van der Waals surface area contributed by atoms with Gasteiger partial charge in [-0.1, -0.05) is 0 Å². The molecule has 1 saturated heterocycles. The molecule has 1 N–H and O–H groups in total. The molecule has 0 aromatic carbocycles. The summed E-state index contributed by atoms with van der Waals surface area (Å²) in [5.74, 6) is 0.173. The first-order valence-electron chi connectivity index (χ1n) is 6.77. The van der Waals surface area contributed by atoms with Crippen molar-refractivity contribution in [1.82, 2.24) is 9.88 Å². The lowest BCUT2D eigenvalue weighted by Crippen LogP contribution is -2.36. The molecule has 4 nitrogen and oxygen atoms in total. The lowest BCUT2D eigenvalue weighted by molar-refractivity contribution is 0.0630. The average molecular weight is 343 g/mol. The molecule has 0 radical (unpaired) electrons. The van der Waals surface area contributed by atoms with Gasteiger partial charge in [-0.3, -0.25) is 9.78 Å². The van der Waals surface area contributed by atoms with Crippen molar-refractivity contribution in [2.75, 3.05) is 19.7 Å². The number of rotatable bonds is 3. The number of carbonyl (C=O) groups excluding carboxylic acids is 1. The molecular weight excluding hydrogens is 327 g/mol. The van der Waals surface area contributed by atoms with Crippen LogP contribution in [0, 0.1) is 0 Å². The zero-order valence-corrected chi connectivity index (χ0v) is 12.6. The summed E-state index contributed by atoms with van der Waals surface area (Å²) in [6.07, 6.45) is 3.99. The number of hydrogen-bond acceptors (Lipinski definition) is 3. The van der Waals surface area contributed by atoms with Crippen molar-refractivity contribution in [2.24, 2.45) is 0 Å². The fraction of sp³-hybridized carbons (Fsp3) is 0.571. The van der Waals surface area contributed by atoms with Gasteiger partial charge in [0.15, 0.2) is 5.67 Å². The van der Waals surface area contributed by atoms with Crippen LogP contribution in [0.5, 0.6) is 0 Å². The van der Waals surface area contributed by atoms with Gasteiger partial charge in [-0.05, 0) is 34.8 Å². The maximum absolute atomic E-state index is 14.0. The maximum atomic E-state index is 14.0. The highest BCUT2D eigenvalue weighted by Crippen LogP contribution is 2.41. The van der Waals surface area contributed by atoms with Crippen molar-refractivity contribution in [3.63, 3.8) is 0 Å². The third-order valence-corrected chi connectivity index (χ3v) is 4.39. The van der Waals surface area contributed by atoms with Crippen molar-refractivity contribution >= 4 is 21.8 Å². The smallest absolute Gasteiger partial charge is 0.255 e. The Labute approximate surface area is 125 Å². The molecule has 1 unspecified atom stereocenters. The van der Waals surface area contributed by atoms with Crippen LogP contribution in [0.15, 0.2) is 16.7 Å². The first-order chi connectivity index (χ1) is 9.52. The van der Waals surface area contributed by atoms with E-state index in [0.717, 1.165) is 23.0 Å². The number of aliphatic hydroxyl groups is 1. The van der Waals surface area contributed by atoms with Crippen LogP contribution < -0.4 is 0 Å². The van der Waals surface area contributed by atoms with Crippen LogP contribution in [0.2, 0.25) is 0 Å². The number of halogens is 2. The van der Waals surface area contributed by atoms with Gasteiger partial charge in [-0.15, -0.1) is 0 Å². The number of nitrogens with zero attached hydrogens (tertiary/aromatic N) is 2. The molecule has 1 atom stereocenters. The van der Waals surface area contributed by atoms with Gasteiger partial charge >= 0.3 is 0 Å². The van der Waals surface area contributed by atoms with Gasteiger partial charge in [0.25, 0.3) is 5.91 Å². The van der Waals surface area contributed by atoms with Gasteiger partial charge in [-0.2, -0.15) is 0 Å². The van der Waals surface area contributed by atoms with Crippen LogP contribution >= 0.6 is 15.9 Å². The third kappa shape index (κ3) is 2.59. The van der Waals surface area contributed by atoms with E-state index in [4.69, 9.17) is 5.11 Å². The van der Waals surface area contributed by atoms with Gasteiger partial charge in [0.2, 0.25) is 0 Å². The van der Waals surface area contributed by atoms with E-state index >= 15 is 0 Å². The number of carbonyl (C=O) groups is 1. The summed E-state index contributed by atoms with van der Waals surface area (Å²) in [6.45, 7) is -0.242.